The molecule has 3 aromatic rings. The van der Waals surface area contributed by atoms with Crippen molar-refractivity contribution in [2.24, 2.45) is 0 Å². The largest absolute Gasteiger partial charge is 0.497 e. The van der Waals surface area contributed by atoms with Gasteiger partial charge in [0, 0.05) is 19.5 Å². The maximum atomic E-state index is 5.90. The van der Waals surface area contributed by atoms with Crippen molar-refractivity contribution in [3.8, 4) is 11.5 Å². The molecule has 0 amide bonds. The SMILES string of the molecule is COc1ccc(CNCc2cccc(OCCc3ccccc3)c2)cc1. The first kappa shape index (κ1) is 18.0. The van der Waals surface area contributed by atoms with Gasteiger partial charge in [0.15, 0.2) is 0 Å². The molecule has 3 aromatic carbocycles. The van der Waals surface area contributed by atoms with Gasteiger partial charge in [0.1, 0.15) is 11.5 Å². The summed E-state index contributed by atoms with van der Waals surface area (Å²) in [7, 11) is 1.68. The van der Waals surface area contributed by atoms with E-state index < -0.39 is 0 Å². The van der Waals surface area contributed by atoms with Crippen LogP contribution in [0.4, 0.5) is 0 Å². The van der Waals surface area contributed by atoms with E-state index in [4.69, 9.17) is 9.47 Å². The normalized spacial score (nSPS) is 10.5. The zero-order valence-electron chi connectivity index (χ0n) is 15.2. The lowest BCUT2D eigenvalue weighted by molar-refractivity contribution is 0.321. The second-order valence-electron chi connectivity index (χ2n) is 6.18. The van der Waals surface area contributed by atoms with Crippen LogP contribution in [0.5, 0.6) is 11.5 Å². The van der Waals surface area contributed by atoms with Crippen LogP contribution in [0.3, 0.4) is 0 Å². The highest BCUT2D eigenvalue weighted by atomic mass is 16.5. The third kappa shape index (κ3) is 5.64. The van der Waals surface area contributed by atoms with E-state index >= 15 is 0 Å². The highest BCUT2D eigenvalue weighted by Crippen LogP contribution is 2.15. The molecule has 0 unspecified atom stereocenters. The Morgan fingerprint density at radius 1 is 0.692 bits per heavy atom. The fourth-order valence-corrected chi connectivity index (χ4v) is 2.77. The van der Waals surface area contributed by atoms with E-state index in [0.717, 1.165) is 31.0 Å². The van der Waals surface area contributed by atoms with Crippen LogP contribution in [0.15, 0.2) is 78.9 Å². The van der Waals surface area contributed by atoms with Crippen LogP contribution in [-0.4, -0.2) is 13.7 Å². The summed E-state index contributed by atoms with van der Waals surface area (Å²) in [6.07, 6.45) is 0.917. The molecule has 0 fully saturated rings. The number of benzene rings is 3. The monoisotopic (exact) mass is 347 g/mol. The number of nitrogens with one attached hydrogen (secondary N) is 1. The molecular weight excluding hydrogens is 322 g/mol. The van der Waals surface area contributed by atoms with Crippen molar-refractivity contribution >= 4 is 0 Å². The predicted molar refractivity (Wildman–Crippen MR) is 106 cm³/mol. The first-order chi connectivity index (χ1) is 12.8. The fourth-order valence-electron chi connectivity index (χ4n) is 2.77. The molecule has 0 aromatic heterocycles. The van der Waals surface area contributed by atoms with Crippen LogP contribution >= 0.6 is 0 Å². The Kier molecular flexibility index (Phi) is 6.68. The molecule has 0 aliphatic carbocycles. The number of rotatable bonds is 9. The lowest BCUT2D eigenvalue weighted by Gasteiger charge is -2.09. The second-order valence-corrected chi connectivity index (χ2v) is 6.18. The molecule has 3 rings (SSSR count). The summed E-state index contributed by atoms with van der Waals surface area (Å²) in [5.74, 6) is 1.80. The van der Waals surface area contributed by atoms with Crippen LogP contribution < -0.4 is 14.8 Å². The fraction of sp³-hybridized carbons (Fsp3) is 0.217. The lowest BCUT2D eigenvalue weighted by atomic mass is 10.1. The Morgan fingerprint density at radius 3 is 2.19 bits per heavy atom. The Hall–Kier alpha value is -2.78. The van der Waals surface area contributed by atoms with Crippen molar-refractivity contribution in [2.75, 3.05) is 13.7 Å². The van der Waals surface area contributed by atoms with Gasteiger partial charge in [-0.2, -0.15) is 0 Å². The summed E-state index contributed by atoms with van der Waals surface area (Å²) in [6.45, 7) is 2.32. The molecule has 3 nitrogen and oxygen atoms in total. The van der Waals surface area contributed by atoms with Gasteiger partial charge in [-0.3, -0.25) is 0 Å². The Balaban J connectivity index is 1.44. The topological polar surface area (TPSA) is 30.5 Å². The molecule has 0 heterocycles. The summed E-state index contributed by atoms with van der Waals surface area (Å²) >= 11 is 0. The maximum Gasteiger partial charge on any atom is 0.119 e. The highest BCUT2D eigenvalue weighted by Gasteiger charge is 1.99. The number of hydrogen-bond donors (Lipinski definition) is 1. The average Bonchev–Trinajstić information content (AvgIpc) is 2.70. The van der Waals surface area contributed by atoms with Crippen molar-refractivity contribution in [1.82, 2.24) is 5.32 Å². The van der Waals surface area contributed by atoms with Crippen molar-refractivity contribution in [1.29, 1.82) is 0 Å². The third-order valence-electron chi connectivity index (χ3n) is 4.22. The molecule has 26 heavy (non-hydrogen) atoms. The van der Waals surface area contributed by atoms with E-state index in [9.17, 15) is 0 Å². The van der Waals surface area contributed by atoms with Gasteiger partial charge in [0.25, 0.3) is 0 Å². The van der Waals surface area contributed by atoms with Gasteiger partial charge in [-0.25, -0.2) is 0 Å². The van der Waals surface area contributed by atoms with Crippen molar-refractivity contribution < 1.29 is 9.47 Å². The van der Waals surface area contributed by atoms with Crippen LogP contribution in [0.2, 0.25) is 0 Å². The third-order valence-corrected chi connectivity index (χ3v) is 4.22. The van der Waals surface area contributed by atoms with Crippen molar-refractivity contribution in [3.63, 3.8) is 0 Å². The molecule has 0 aliphatic rings. The molecular formula is C23H25NO2. The molecule has 0 bridgehead atoms. The summed E-state index contributed by atoms with van der Waals surface area (Å²) in [5.41, 5.74) is 3.75. The summed E-state index contributed by atoms with van der Waals surface area (Å²) < 4.78 is 11.1. The molecule has 134 valence electrons. The molecule has 0 saturated carbocycles. The van der Waals surface area contributed by atoms with Crippen molar-refractivity contribution in [3.05, 3.63) is 95.6 Å². The minimum Gasteiger partial charge on any atom is -0.497 e. The van der Waals surface area contributed by atoms with Crippen LogP contribution in [0.25, 0.3) is 0 Å². The van der Waals surface area contributed by atoms with Gasteiger partial charge in [-0.1, -0.05) is 54.6 Å². The van der Waals surface area contributed by atoms with E-state index in [-0.39, 0.29) is 0 Å². The van der Waals surface area contributed by atoms with Gasteiger partial charge in [0.2, 0.25) is 0 Å². The maximum absolute atomic E-state index is 5.90. The van der Waals surface area contributed by atoms with E-state index in [1.807, 2.05) is 30.3 Å². The van der Waals surface area contributed by atoms with Gasteiger partial charge in [-0.15, -0.1) is 0 Å². The van der Waals surface area contributed by atoms with E-state index in [1.54, 1.807) is 7.11 Å². The smallest absolute Gasteiger partial charge is 0.119 e. The number of ether oxygens (including phenoxy) is 2. The van der Waals surface area contributed by atoms with Gasteiger partial charge >= 0.3 is 0 Å². The molecule has 0 radical (unpaired) electrons. The molecule has 0 saturated heterocycles. The minimum atomic E-state index is 0.687. The zero-order valence-corrected chi connectivity index (χ0v) is 15.2. The standard InChI is InChI=1S/C23H25NO2/c1-25-22-12-10-20(11-13-22)17-24-18-21-8-5-9-23(16-21)26-15-14-19-6-3-2-4-7-19/h2-13,16,24H,14-15,17-18H2,1H3. The summed E-state index contributed by atoms with van der Waals surface area (Å²) in [6, 6.07) is 26.8. The van der Waals surface area contributed by atoms with E-state index in [0.29, 0.717) is 6.61 Å². The van der Waals surface area contributed by atoms with E-state index in [2.05, 4.69) is 53.8 Å². The van der Waals surface area contributed by atoms with Gasteiger partial charge < -0.3 is 14.8 Å². The number of hydrogen-bond acceptors (Lipinski definition) is 3. The van der Waals surface area contributed by atoms with Gasteiger partial charge in [-0.05, 0) is 41.0 Å². The summed E-state index contributed by atoms with van der Waals surface area (Å²) in [5, 5.41) is 3.47. The van der Waals surface area contributed by atoms with Crippen LogP contribution in [-0.2, 0) is 19.5 Å². The lowest BCUT2D eigenvalue weighted by Crippen LogP contribution is -2.12. The zero-order chi connectivity index (χ0) is 18.0. The van der Waals surface area contributed by atoms with Gasteiger partial charge in [0.05, 0.1) is 13.7 Å². The van der Waals surface area contributed by atoms with E-state index in [1.165, 1.54) is 16.7 Å². The minimum absolute atomic E-state index is 0.687. The Morgan fingerprint density at radius 2 is 1.42 bits per heavy atom. The molecule has 0 spiro atoms. The molecule has 0 atom stereocenters. The Labute approximate surface area is 155 Å². The first-order valence-corrected chi connectivity index (χ1v) is 8.93. The summed E-state index contributed by atoms with van der Waals surface area (Å²) in [4.78, 5) is 0. The average molecular weight is 347 g/mol. The highest BCUT2D eigenvalue weighted by molar-refractivity contribution is 5.29. The molecule has 1 N–H and O–H groups in total. The van der Waals surface area contributed by atoms with Crippen molar-refractivity contribution in [2.45, 2.75) is 19.5 Å². The number of methoxy groups -OCH3 is 1. The Bertz CT molecular complexity index is 785. The second kappa shape index (κ2) is 9.64. The quantitative estimate of drug-likeness (QED) is 0.613. The molecule has 0 aliphatic heterocycles. The van der Waals surface area contributed by atoms with Crippen LogP contribution in [0.1, 0.15) is 16.7 Å². The molecule has 3 heteroatoms. The first-order valence-electron chi connectivity index (χ1n) is 8.93. The predicted octanol–water partition coefficient (Wildman–Crippen LogP) is 4.61. The van der Waals surface area contributed by atoms with Crippen LogP contribution in [0, 0.1) is 0 Å².